The van der Waals surface area contributed by atoms with Gasteiger partial charge in [-0.3, -0.25) is 4.79 Å². The Hall–Kier alpha value is -3.67. The summed E-state index contributed by atoms with van der Waals surface area (Å²) in [4.78, 5) is 19.3. The second-order valence-corrected chi connectivity index (χ2v) is 8.94. The first-order valence-electron chi connectivity index (χ1n) is 11.7. The summed E-state index contributed by atoms with van der Waals surface area (Å²) in [5, 5.41) is 0. The molecule has 5 rings (SSSR count). The number of hydrogen-bond acceptors (Lipinski definition) is 3. The van der Waals surface area contributed by atoms with Crippen LogP contribution in [-0.4, -0.2) is 28.6 Å². The van der Waals surface area contributed by atoms with Gasteiger partial charge in [-0.15, -0.1) is 0 Å². The summed E-state index contributed by atoms with van der Waals surface area (Å²) in [6.45, 7) is 5.86. The highest BCUT2D eigenvalue weighted by Crippen LogP contribution is 2.34. The summed E-state index contributed by atoms with van der Waals surface area (Å²) in [7, 11) is 0. The van der Waals surface area contributed by atoms with Crippen LogP contribution in [-0.2, 0) is 11.3 Å². The SMILES string of the molecule is Cc1ccc(OCCCn2c(C3CC(=O)N(c4ccccc4F)C3)nc3ccccc32)c(C)c1. The summed E-state index contributed by atoms with van der Waals surface area (Å²) in [6.07, 6.45) is 1.12. The van der Waals surface area contributed by atoms with E-state index in [1.165, 1.54) is 11.6 Å². The van der Waals surface area contributed by atoms with Crippen molar-refractivity contribution in [2.45, 2.75) is 39.2 Å². The number of aromatic nitrogens is 2. The van der Waals surface area contributed by atoms with Crippen molar-refractivity contribution in [2.75, 3.05) is 18.1 Å². The molecule has 5 nitrogen and oxygen atoms in total. The fourth-order valence-corrected chi connectivity index (χ4v) is 4.79. The molecular weight excluding hydrogens is 429 g/mol. The maximum Gasteiger partial charge on any atom is 0.227 e. The van der Waals surface area contributed by atoms with Crippen LogP contribution < -0.4 is 9.64 Å². The van der Waals surface area contributed by atoms with Gasteiger partial charge in [-0.2, -0.15) is 0 Å². The van der Waals surface area contributed by atoms with Crippen LogP contribution in [0.4, 0.5) is 10.1 Å². The Labute approximate surface area is 198 Å². The van der Waals surface area contributed by atoms with E-state index in [1.807, 2.05) is 24.3 Å². The molecule has 6 heteroatoms. The van der Waals surface area contributed by atoms with E-state index in [2.05, 4.69) is 36.6 Å². The quantitative estimate of drug-likeness (QED) is 0.331. The van der Waals surface area contributed by atoms with Crippen molar-refractivity contribution in [1.82, 2.24) is 9.55 Å². The van der Waals surface area contributed by atoms with E-state index in [-0.39, 0.29) is 17.6 Å². The molecule has 34 heavy (non-hydrogen) atoms. The number of anilines is 1. The average molecular weight is 458 g/mol. The first-order valence-corrected chi connectivity index (χ1v) is 11.7. The van der Waals surface area contributed by atoms with Gasteiger partial charge < -0.3 is 14.2 Å². The van der Waals surface area contributed by atoms with E-state index in [1.54, 1.807) is 23.1 Å². The smallest absolute Gasteiger partial charge is 0.227 e. The Morgan fingerprint density at radius 2 is 1.85 bits per heavy atom. The van der Waals surface area contributed by atoms with Crippen molar-refractivity contribution in [3.63, 3.8) is 0 Å². The number of carbonyl (C=O) groups excluding carboxylic acids is 1. The lowest BCUT2D eigenvalue weighted by Crippen LogP contribution is -2.25. The number of aryl methyl sites for hydroxylation is 3. The number of para-hydroxylation sites is 3. The van der Waals surface area contributed by atoms with Gasteiger partial charge in [0.2, 0.25) is 5.91 Å². The lowest BCUT2D eigenvalue weighted by Gasteiger charge is -2.18. The van der Waals surface area contributed by atoms with Crippen molar-refractivity contribution in [3.05, 3.63) is 89.5 Å². The number of hydrogen-bond donors (Lipinski definition) is 0. The van der Waals surface area contributed by atoms with Crippen molar-refractivity contribution in [3.8, 4) is 5.75 Å². The molecule has 1 aliphatic rings. The minimum absolute atomic E-state index is 0.0770. The number of carbonyl (C=O) groups is 1. The number of benzene rings is 3. The third-order valence-electron chi connectivity index (χ3n) is 6.43. The molecule has 0 aliphatic carbocycles. The number of ether oxygens (including phenoxy) is 1. The third-order valence-corrected chi connectivity index (χ3v) is 6.43. The van der Waals surface area contributed by atoms with Crippen LogP contribution in [0.25, 0.3) is 11.0 Å². The number of fused-ring (bicyclic) bond motifs is 1. The molecule has 1 unspecified atom stereocenters. The summed E-state index contributed by atoms with van der Waals surface area (Å²) in [5.74, 6) is 1.23. The highest BCUT2D eigenvalue weighted by Gasteiger charge is 2.35. The highest BCUT2D eigenvalue weighted by molar-refractivity contribution is 5.96. The largest absolute Gasteiger partial charge is 0.493 e. The summed E-state index contributed by atoms with van der Waals surface area (Å²) in [6, 6.07) is 20.7. The average Bonchev–Trinajstić information content (AvgIpc) is 3.38. The Bertz CT molecular complexity index is 1350. The minimum atomic E-state index is -0.381. The predicted octanol–water partition coefficient (Wildman–Crippen LogP) is 5.78. The van der Waals surface area contributed by atoms with Crippen LogP contribution in [0, 0.1) is 19.7 Å². The first-order chi connectivity index (χ1) is 16.5. The molecular formula is C28H28FN3O2. The van der Waals surface area contributed by atoms with Gasteiger partial charge in [0.1, 0.15) is 17.4 Å². The summed E-state index contributed by atoms with van der Waals surface area (Å²) >= 11 is 0. The molecule has 1 saturated heterocycles. The molecule has 3 aromatic carbocycles. The van der Waals surface area contributed by atoms with Gasteiger partial charge >= 0.3 is 0 Å². The predicted molar refractivity (Wildman–Crippen MR) is 132 cm³/mol. The lowest BCUT2D eigenvalue weighted by atomic mass is 10.1. The molecule has 4 aromatic rings. The van der Waals surface area contributed by atoms with E-state index in [9.17, 15) is 9.18 Å². The van der Waals surface area contributed by atoms with Crippen LogP contribution in [0.2, 0.25) is 0 Å². The van der Waals surface area contributed by atoms with E-state index < -0.39 is 0 Å². The van der Waals surface area contributed by atoms with Gasteiger partial charge in [-0.25, -0.2) is 9.37 Å². The number of amides is 1. The zero-order chi connectivity index (χ0) is 23.7. The molecule has 1 aromatic heterocycles. The van der Waals surface area contributed by atoms with Crippen LogP contribution in [0.15, 0.2) is 66.7 Å². The Morgan fingerprint density at radius 1 is 1.06 bits per heavy atom. The molecule has 0 saturated carbocycles. The van der Waals surface area contributed by atoms with E-state index >= 15 is 0 Å². The van der Waals surface area contributed by atoms with Crippen molar-refractivity contribution in [1.29, 1.82) is 0 Å². The normalized spacial score (nSPS) is 15.9. The zero-order valence-electron chi connectivity index (χ0n) is 19.5. The standard InChI is InChI=1S/C28H28FN3O2/c1-19-12-13-26(20(2)16-19)34-15-7-14-31-25-11-6-4-9-23(25)30-28(31)21-17-27(33)32(18-21)24-10-5-3-8-22(24)29/h3-6,8-13,16,21H,7,14-15,17-18H2,1-2H3. The molecule has 0 N–H and O–H groups in total. The monoisotopic (exact) mass is 457 g/mol. The molecule has 1 amide bonds. The van der Waals surface area contributed by atoms with Crippen molar-refractivity contribution in [2.24, 2.45) is 0 Å². The van der Waals surface area contributed by atoms with Gasteiger partial charge in [0.05, 0.1) is 23.3 Å². The minimum Gasteiger partial charge on any atom is -0.493 e. The number of imidazole rings is 1. The maximum absolute atomic E-state index is 14.4. The highest BCUT2D eigenvalue weighted by atomic mass is 19.1. The molecule has 0 radical (unpaired) electrons. The van der Waals surface area contributed by atoms with Crippen molar-refractivity contribution >= 4 is 22.6 Å². The second kappa shape index (κ2) is 9.29. The fraction of sp³-hybridized carbons (Fsp3) is 0.286. The van der Waals surface area contributed by atoms with E-state index in [4.69, 9.17) is 9.72 Å². The molecule has 0 bridgehead atoms. The number of halogens is 1. The molecule has 0 spiro atoms. The fourth-order valence-electron chi connectivity index (χ4n) is 4.79. The number of rotatable bonds is 7. The van der Waals surface area contributed by atoms with Crippen LogP contribution in [0.3, 0.4) is 0 Å². The molecule has 2 heterocycles. The summed E-state index contributed by atoms with van der Waals surface area (Å²) < 4.78 is 22.6. The van der Waals surface area contributed by atoms with Gasteiger partial charge in [-0.05, 0) is 56.2 Å². The molecule has 1 fully saturated rings. The molecule has 174 valence electrons. The van der Waals surface area contributed by atoms with Gasteiger partial charge in [-0.1, -0.05) is 42.0 Å². The topological polar surface area (TPSA) is 47.4 Å². The lowest BCUT2D eigenvalue weighted by molar-refractivity contribution is -0.117. The maximum atomic E-state index is 14.4. The van der Waals surface area contributed by atoms with Crippen LogP contribution >= 0.6 is 0 Å². The van der Waals surface area contributed by atoms with Crippen LogP contribution in [0.1, 0.15) is 35.7 Å². The second-order valence-electron chi connectivity index (χ2n) is 8.94. The van der Waals surface area contributed by atoms with Crippen LogP contribution in [0.5, 0.6) is 5.75 Å². The van der Waals surface area contributed by atoms with Gasteiger partial charge in [0.25, 0.3) is 0 Å². The number of nitrogens with zero attached hydrogens (tertiary/aromatic N) is 3. The third kappa shape index (κ3) is 4.28. The Balaban J connectivity index is 1.35. The van der Waals surface area contributed by atoms with E-state index in [0.29, 0.717) is 25.3 Å². The Morgan fingerprint density at radius 3 is 2.68 bits per heavy atom. The molecule has 1 atom stereocenters. The first kappa shape index (κ1) is 22.1. The van der Waals surface area contributed by atoms with E-state index in [0.717, 1.165) is 41.1 Å². The van der Waals surface area contributed by atoms with Gasteiger partial charge in [0.15, 0.2) is 0 Å². The summed E-state index contributed by atoms with van der Waals surface area (Å²) in [5.41, 5.74) is 4.63. The zero-order valence-corrected chi connectivity index (χ0v) is 19.5. The molecule has 1 aliphatic heterocycles. The van der Waals surface area contributed by atoms with Gasteiger partial charge in [0, 0.05) is 25.4 Å². The Kier molecular flexibility index (Phi) is 6.05. The van der Waals surface area contributed by atoms with Crippen molar-refractivity contribution < 1.29 is 13.9 Å².